The van der Waals surface area contributed by atoms with E-state index in [-0.39, 0.29) is 0 Å². The normalized spacial score (nSPS) is 26.0. The average molecular weight is 286 g/mol. The number of rotatable bonds is 4. The van der Waals surface area contributed by atoms with Crippen molar-refractivity contribution < 1.29 is 4.74 Å². The molecule has 0 amide bonds. The van der Waals surface area contributed by atoms with Crippen LogP contribution in [0.4, 0.5) is 5.69 Å². The Bertz CT molecular complexity index is 489. The highest BCUT2D eigenvalue weighted by Crippen LogP contribution is 2.36. The largest absolute Gasteiger partial charge is 0.497 e. The van der Waals surface area contributed by atoms with Crippen molar-refractivity contribution in [3.8, 4) is 11.8 Å². The van der Waals surface area contributed by atoms with Crippen LogP contribution in [0.2, 0.25) is 0 Å². The summed E-state index contributed by atoms with van der Waals surface area (Å²) in [5, 5.41) is 13.2. The molecule has 0 aromatic heterocycles. The maximum absolute atomic E-state index is 9.72. The summed E-state index contributed by atoms with van der Waals surface area (Å²) in [6.45, 7) is 4.59. The van der Waals surface area contributed by atoms with Gasteiger partial charge in [0.15, 0.2) is 0 Å². The van der Waals surface area contributed by atoms with Gasteiger partial charge in [-0.1, -0.05) is 20.3 Å². The summed E-state index contributed by atoms with van der Waals surface area (Å²) in [6.07, 6.45) is 5.36. The molecule has 1 aliphatic rings. The van der Waals surface area contributed by atoms with Crippen molar-refractivity contribution in [1.29, 1.82) is 5.26 Å². The number of nitriles is 1. The maximum atomic E-state index is 9.72. The lowest BCUT2D eigenvalue weighted by atomic mass is 9.87. The van der Waals surface area contributed by atoms with Crippen LogP contribution in [0.3, 0.4) is 0 Å². The van der Waals surface area contributed by atoms with Gasteiger partial charge in [-0.3, -0.25) is 0 Å². The van der Waals surface area contributed by atoms with E-state index in [1.807, 2.05) is 24.3 Å². The van der Waals surface area contributed by atoms with Crippen molar-refractivity contribution in [2.45, 2.75) is 51.5 Å². The molecule has 1 fully saturated rings. The molecule has 1 aromatic carbocycles. The summed E-state index contributed by atoms with van der Waals surface area (Å²) in [7, 11) is 1.66. The zero-order chi connectivity index (χ0) is 15.3. The van der Waals surface area contributed by atoms with E-state index in [0.717, 1.165) is 43.0 Å². The quantitative estimate of drug-likeness (QED) is 0.822. The van der Waals surface area contributed by atoms with E-state index in [1.165, 1.54) is 6.42 Å². The Morgan fingerprint density at radius 1 is 1.24 bits per heavy atom. The predicted molar refractivity (Wildman–Crippen MR) is 86.4 cm³/mol. The molecule has 1 saturated carbocycles. The Kier molecular flexibility index (Phi) is 5.12. The predicted octanol–water partition coefficient (Wildman–Crippen LogP) is 4.61. The minimum atomic E-state index is -0.418. The number of nitrogens with one attached hydrogen (secondary N) is 1. The molecule has 21 heavy (non-hydrogen) atoms. The molecule has 3 nitrogen and oxygen atoms in total. The summed E-state index contributed by atoms with van der Waals surface area (Å²) >= 11 is 0. The molecule has 2 rings (SSSR count). The fraction of sp³-hybridized carbons (Fsp3) is 0.611. The van der Waals surface area contributed by atoms with Crippen LogP contribution in [0.25, 0.3) is 0 Å². The number of benzene rings is 1. The third-order valence-electron chi connectivity index (χ3n) is 4.75. The monoisotopic (exact) mass is 286 g/mol. The zero-order valence-electron chi connectivity index (χ0n) is 13.4. The first kappa shape index (κ1) is 15.7. The Morgan fingerprint density at radius 2 is 1.95 bits per heavy atom. The van der Waals surface area contributed by atoms with E-state index in [0.29, 0.717) is 5.92 Å². The third kappa shape index (κ3) is 3.91. The zero-order valence-corrected chi connectivity index (χ0v) is 13.4. The van der Waals surface area contributed by atoms with Gasteiger partial charge in [-0.2, -0.15) is 5.26 Å². The SMILES string of the molecule is COc1ccc(NC2(C#N)CCCC(C(C)C)CC2)cc1. The molecule has 1 aromatic rings. The average Bonchev–Trinajstić information content (AvgIpc) is 2.71. The van der Waals surface area contributed by atoms with Crippen molar-refractivity contribution in [2.24, 2.45) is 11.8 Å². The Balaban J connectivity index is 2.08. The lowest BCUT2D eigenvalue weighted by molar-refractivity contribution is 0.339. The fourth-order valence-corrected chi connectivity index (χ4v) is 3.25. The third-order valence-corrected chi connectivity index (χ3v) is 4.75. The Labute approximate surface area is 128 Å². The van der Waals surface area contributed by atoms with Gasteiger partial charge in [0.25, 0.3) is 0 Å². The van der Waals surface area contributed by atoms with Crippen LogP contribution in [-0.4, -0.2) is 12.6 Å². The lowest BCUT2D eigenvalue weighted by Gasteiger charge is -2.28. The van der Waals surface area contributed by atoms with Gasteiger partial charge in [0, 0.05) is 5.69 Å². The first-order valence-corrected chi connectivity index (χ1v) is 7.92. The first-order valence-electron chi connectivity index (χ1n) is 7.92. The second-order valence-electron chi connectivity index (χ2n) is 6.48. The molecular formula is C18H26N2O. The van der Waals surface area contributed by atoms with Gasteiger partial charge in [0.2, 0.25) is 0 Å². The molecule has 0 bridgehead atoms. The van der Waals surface area contributed by atoms with Crippen LogP contribution in [-0.2, 0) is 0 Å². The maximum Gasteiger partial charge on any atom is 0.125 e. The lowest BCUT2D eigenvalue weighted by Crippen LogP contribution is -2.36. The highest BCUT2D eigenvalue weighted by atomic mass is 16.5. The molecule has 1 N–H and O–H groups in total. The minimum absolute atomic E-state index is 0.418. The van der Waals surface area contributed by atoms with Gasteiger partial charge in [-0.15, -0.1) is 0 Å². The highest BCUT2D eigenvalue weighted by Gasteiger charge is 2.33. The van der Waals surface area contributed by atoms with Crippen molar-refractivity contribution in [1.82, 2.24) is 0 Å². The second-order valence-corrected chi connectivity index (χ2v) is 6.48. The van der Waals surface area contributed by atoms with Crippen LogP contribution in [0.15, 0.2) is 24.3 Å². The molecule has 0 radical (unpaired) electrons. The smallest absolute Gasteiger partial charge is 0.125 e. The number of anilines is 1. The Hall–Kier alpha value is -1.69. The van der Waals surface area contributed by atoms with E-state index >= 15 is 0 Å². The van der Waals surface area contributed by atoms with Gasteiger partial charge in [-0.25, -0.2) is 0 Å². The van der Waals surface area contributed by atoms with E-state index in [4.69, 9.17) is 4.74 Å². The topological polar surface area (TPSA) is 45.0 Å². The molecule has 0 saturated heterocycles. The molecular weight excluding hydrogens is 260 g/mol. The molecule has 0 aliphatic heterocycles. The van der Waals surface area contributed by atoms with Crippen LogP contribution < -0.4 is 10.1 Å². The summed E-state index contributed by atoms with van der Waals surface area (Å²) in [5.74, 6) is 2.30. The second kappa shape index (κ2) is 6.85. The minimum Gasteiger partial charge on any atom is -0.497 e. The fourth-order valence-electron chi connectivity index (χ4n) is 3.25. The van der Waals surface area contributed by atoms with Gasteiger partial charge in [0.1, 0.15) is 11.3 Å². The molecule has 2 unspecified atom stereocenters. The van der Waals surface area contributed by atoms with E-state index in [1.54, 1.807) is 7.11 Å². The Morgan fingerprint density at radius 3 is 2.52 bits per heavy atom. The molecule has 3 heteroatoms. The summed E-state index contributed by atoms with van der Waals surface area (Å²) in [4.78, 5) is 0. The van der Waals surface area contributed by atoms with Gasteiger partial charge < -0.3 is 10.1 Å². The van der Waals surface area contributed by atoms with Gasteiger partial charge in [0.05, 0.1) is 13.2 Å². The molecule has 0 heterocycles. The van der Waals surface area contributed by atoms with Gasteiger partial charge >= 0.3 is 0 Å². The number of hydrogen-bond acceptors (Lipinski definition) is 3. The molecule has 0 spiro atoms. The highest BCUT2D eigenvalue weighted by molar-refractivity contribution is 5.50. The van der Waals surface area contributed by atoms with Crippen molar-refractivity contribution >= 4 is 5.69 Å². The number of nitrogens with zero attached hydrogens (tertiary/aromatic N) is 1. The molecule has 2 atom stereocenters. The summed E-state index contributed by atoms with van der Waals surface area (Å²) in [6, 6.07) is 10.4. The number of methoxy groups -OCH3 is 1. The first-order chi connectivity index (χ1) is 10.1. The van der Waals surface area contributed by atoms with E-state index in [9.17, 15) is 5.26 Å². The molecule has 114 valence electrons. The summed E-state index contributed by atoms with van der Waals surface area (Å²) in [5.41, 5.74) is 0.582. The van der Waals surface area contributed by atoms with E-state index < -0.39 is 5.54 Å². The number of hydrogen-bond donors (Lipinski definition) is 1. The van der Waals surface area contributed by atoms with Gasteiger partial charge in [-0.05, 0) is 61.8 Å². The van der Waals surface area contributed by atoms with Crippen LogP contribution in [0, 0.1) is 23.2 Å². The number of ether oxygens (including phenoxy) is 1. The van der Waals surface area contributed by atoms with Crippen LogP contribution >= 0.6 is 0 Å². The van der Waals surface area contributed by atoms with Crippen molar-refractivity contribution in [3.05, 3.63) is 24.3 Å². The van der Waals surface area contributed by atoms with E-state index in [2.05, 4.69) is 25.2 Å². The summed E-state index contributed by atoms with van der Waals surface area (Å²) < 4.78 is 5.18. The standard InChI is InChI=1S/C18H26N2O/c1-14(2)15-5-4-11-18(13-19,12-10-15)20-16-6-8-17(21-3)9-7-16/h6-9,14-15,20H,4-5,10-12H2,1-3H3. The molecule has 1 aliphatic carbocycles. The van der Waals surface area contributed by atoms with Crippen molar-refractivity contribution in [2.75, 3.05) is 12.4 Å². The van der Waals surface area contributed by atoms with Crippen LogP contribution in [0.1, 0.15) is 46.0 Å². The van der Waals surface area contributed by atoms with Crippen LogP contribution in [0.5, 0.6) is 5.75 Å². The van der Waals surface area contributed by atoms with Crippen molar-refractivity contribution in [3.63, 3.8) is 0 Å².